The second-order valence-electron chi connectivity index (χ2n) is 4.89. The highest BCUT2D eigenvalue weighted by Gasteiger charge is 2.15. The van der Waals surface area contributed by atoms with Crippen LogP contribution in [0.3, 0.4) is 0 Å². The van der Waals surface area contributed by atoms with Crippen molar-refractivity contribution in [2.75, 3.05) is 27.7 Å². The second-order valence-corrected chi connectivity index (χ2v) is 5.87. The molecular weight excluding hydrogens is 270 g/mol. The van der Waals surface area contributed by atoms with Crippen LogP contribution >= 0.6 is 11.3 Å². The Kier molecular flexibility index (Phi) is 5.44. The minimum atomic E-state index is 0.103. The first kappa shape index (κ1) is 14.9. The van der Waals surface area contributed by atoms with Crippen molar-refractivity contribution in [3.05, 3.63) is 46.7 Å². The predicted molar refractivity (Wildman–Crippen MR) is 83.9 cm³/mol. The number of benzene rings is 1. The van der Waals surface area contributed by atoms with E-state index in [-0.39, 0.29) is 6.10 Å². The molecule has 4 heteroatoms. The molecule has 108 valence electrons. The fourth-order valence-corrected chi connectivity index (χ4v) is 2.72. The minimum Gasteiger partial charge on any atom is -0.497 e. The van der Waals surface area contributed by atoms with Crippen molar-refractivity contribution in [1.82, 2.24) is 4.90 Å². The van der Waals surface area contributed by atoms with Crippen molar-refractivity contribution in [2.24, 2.45) is 0 Å². The van der Waals surface area contributed by atoms with Gasteiger partial charge in [-0.15, -0.1) is 11.3 Å². The molecule has 0 N–H and O–H groups in total. The number of ether oxygens (including phenoxy) is 2. The maximum Gasteiger partial charge on any atom is 0.134 e. The van der Waals surface area contributed by atoms with Crippen LogP contribution < -0.4 is 9.47 Å². The smallest absolute Gasteiger partial charge is 0.134 e. The van der Waals surface area contributed by atoms with Gasteiger partial charge in [0.15, 0.2) is 0 Å². The van der Waals surface area contributed by atoms with Crippen molar-refractivity contribution in [3.8, 4) is 11.5 Å². The van der Waals surface area contributed by atoms with Gasteiger partial charge in [-0.2, -0.15) is 0 Å². The molecule has 0 radical (unpaired) electrons. The van der Waals surface area contributed by atoms with Crippen LogP contribution in [0.15, 0.2) is 41.8 Å². The van der Waals surface area contributed by atoms with Crippen LogP contribution in [0.5, 0.6) is 11.5 Å². The molecule has 0 spiro atoms. The molecule has 3 nitrogen and oxygen atoms in total. The summed E-state index contributed by atoms with van der Waals surface area (Å²) in [6.45, 7) is 0.999. The van der Waals surface area contributed by atoms with Crippen molar-refractivity contribution < 1.29 is 9.47 Å². The normalized spacial score (nSPS) is 12.4. The summed E-state index contributed by atoms with van der Waals surface area (Å²) in [5, 5.41) is 2.09. The summed E-state index contributed by atoms with van der Waals surface area (Å²) in [6.07, 6.45) is 1.07. The third-order valence-electron chi connectivity index (χ3n) is 3.04. The minimum absolute atomic E-state index is 0.103. The third-order valence-corrected chi connectivity index (χ3v) is 4.00. The maximum atomic E-state index is 6.14. The molecule has 20 heavy (non-hydrogen) atoms. The zero-order valence-electron chi connectivity index (χ0n) is 12.2. The van der Waals surface area contributed by atoms with Gasteiger partial charge < -0.3 is 14.4 Å². The van der Waals surface area contributed by atoms with Crippen LogP contribution in [-0.2, 0) is 0 Å². The first-order chi connectivity index (χ1) is 9.69. The molecule has 0 aliphatic carbocycles. The Morgan fingerprint density at radius 3 is 2.35 bits per heavy atom. The molecule has 0 aliphatic rings. The van der Waals surface area contributed by atoms with Crippen LogP contribution in [0.1, 0.15) is 17.4 Å². The van der Waals surface area contributed by atoms with Crippen LogP contribution in [0, 0.1) is 0 Å². The van der Waals surface area contributed by atoms with Gasteiger partial charge in [0.1, 0.15) is 17.6 Å². The standard InChI is InChI=1S/C16H21NO2S/c1-17(2)11-10-15(16-5-4-12-20-16)19-14-8-6-13(18-3)7-9-14/h4-9,12,15H,10-11H2,1-3H3. The van der Waals surface area contributed by atoms with E-state index in [1.165, 1.54) is 4.88 Å². The lowest BCUT2D eigenvalue weighted by molar-refractivity contribution is 0.183. The first-order valence-corrected chi connectivity index (χ1v) is 7.56. The van der Waals surface area contributed by atoms with E-state index in [0.29, 0.717) is 0 Å². The van der Waals surface area contributed by atoms with Crippen LogP contribution in [0.2, 0.25) is 0 Å². The van der Waals surface area contributed by atoms with Gasteiger partial charge >= 0.3 is 0 Å². The van der Waals surface area contributed by atoms with E-state index in [1.807, 2.05) is 24.3 Å². The average molecular weight is 291 g/mol. The average Bonchev–Trinajstić information content (AvgIpc) is 2.98. The third kappa shape index (κ3) is 4.25. The zero-order valence-corrected chi connectivity index (χ0v) is 13.0. The second kappa shape index (κ2) is 7.31. The molecule has 0 amide bonds. The lowest BCUT2D eigenvalue weighted by atomic mass is 10.2. The fraction of sp³-hybridized carbons (Fsp3) is 0.375. The Morgan fingerprint density at radius 1 is 1.10 bits per heavy atom. The Morgan fingerprint density at radius 2 is 1.80 bits per heavy atom. The molecule has 2 aromatic rings. The number of rotatable bonds is 7. The molecule has 1 unspecified atom stereocenters. The topological polar surface area (TPSA) is 21.7 Å². The van der Waals surface area contributed by atoms with E-state index in [9.17, 15) is 0 Å². The molecule has 0 aliphatic heterocycles. The molecule has 1 aromatic carbocycles. The highest BCUT2D eigenvalue weighted by molar-refractivity contribution is 7.10. The molecule has 0 saturated carbocycles. The molecule has 0 fully saturated rings. The molecule has 1 aromatic heterocycles. The summed E-state index contributed by atoms with van der Waals surface area (Å²) in [7, 11) is 5.83. The van der Waals surface area contributed by atoms with Gasteiger partial charge in [-0.25, -0.2) is 0 Å². The van der Waals surface area contributed by atoms with Gasteiger partial charge in [-0.3, -0.25) is 0 Å². The highest BCUT2D eigenvalue weighted by Crippen LogP contribution is 2.29. The molecule has 0 bridgehead atoms. The summed E-state index contributed by atoms with van der Waals surface area (Å²) in [4.78, 5) is 3.44. The van der Waals surface area contributed by atoms with Gasteiger partial charge in [-0.1, -0.05) is 6.07 Å². The van der Waals surface area contributed by atoms with Crippen molar-refractivity contribution in [3.63, 3.8) is 0 Å². The van der Waals surface area contributed by atoms with E-state index in [0.717, 1.165) is 24.5 Å². The number of methoxy groups -OCH3 is 1. The summed E-state index contributed by atoms with van der Waals surface area (Å²) >= 11 is 1.74. The zero-order chi connectivity index (χ0) is 14.4. The molecule has 1 heterocycles. The van der Waals surface area contributed by atoms with Gasteiger partial charge in [0.25, 0.3) is 0 Å². The number of nitrogens with zero attached hydrogens (tertiary/aromatic N) is 1. The summed E-state index contributed by atoms with van der Waals surface area (Å²) < 4.78 is 11.3. The van der Waals surface area contributed by atoms with Crippen LogP contribution in [0.4, 0.5) is 0 Å². The maximum absolute atomic E-state index is 6.14. The number of hydrogen-bond acceptors (Lipinski definition) is 4. The molecule has 2 rings (SSSR count). The lowest BCUT2D eigenvalue weighted by Crippen LogP contribution is -2.18. The Balaban J connectivity index is 2.06. The Labute approximate surface area is 124 Å². The summed E-state index contributed by atoms with van der Waals surface area (Å²) in [5.74, 6) is 1.72. The van der Waals surface area contributed by atoms with Crippen molar-refractivity contribution >= 4 is 11.3 Å². The van der Waals surface area contributed by atoms with Gasteiger partial charge in [0.2, 0.25) is 0 Å². The summed E-state index contributed by atoms with van der Waals surface area (Å²) in [5.41, 5.74) is 0. The predicted octanol–water partition coefficient (Wildman–Crippen LogP) is 3.83. The Hall–Kier alpha value is -1.52. The quantitative estimate of drug-likeness (QED) is 0.774. The van der Waals surface area contributed by atoms with E-state index >= 15 is 0 Å². The SMILES string of the molecule is COc1ccc(OC(CCN(C)C)c2cccs2)cc1. The van der Waals surface area contributed by atoms with E-state index in [2.05, 4.69) is 36.5 Å². The van der Waals surface area contributed by atoms with Gasteiger partial charge in [-0.05, 0) is 49.8 Å². The van der Waals surface area contributed by atoms with Crippen molar-refractivity contribution in [1.29, 1.82) is 0 Å². The lowest BCUT2D eigenvalue weighted by Gasteiger charge is -2.20. The first-order valence-electron chi connectivity index (χ1n) is 6.68. The molecule has 0 saturated heterocycles. The van der Waals surface area contributed by atoms with Crippen LogP contribution in [0.25, 0.3) is 0 Å². The largest absolute Gasteiger partial charge is 0.497 e. The van der Waals surface area contributed by atoms with E-state index < -0.39 is 0 Å². The monoisotopic (exact) mass is 291 g/mol. The van der Waals surface area contributed by atoms with E-state index in [4.69, 9.17) is 9.47 Å². The number of hydrogen-bond donors (Lipinski definition) is 0. The van der Waals surface area contributed by atoms with Crippen LogP contribution in [-0.4, -0.2) is 32.6 Å². The molecular formula is C16H21NO2S. The van der Waals surface area contributed by atoms with E-state index in [1.54, 1.807) is 18.4 Å². The van der Waals surface area contributed by atoms with Gasteiger partial charge in [0, 0.05) is 17.8 Å². The fourth-order valence-electron chi connectivity index (χ4n) is 1.93. The van der Waals surface area contributed by atoms with Gasteiger partial charge in [0.05, 0.1) is 7.11 Å². The Bertz CT molecular complexity index is 494. The highest BCUT2D eigenvalue weighted by atomic mass is 32.1. The number of thiophene rings is 1. The summed E-state index contributed by atoms with van der Waals surface area (Å²) in [6, 6.07) is 12.0. The molecule has 1 atom stereocenters. The van der Waals surface area contributed by atoms with Crippen molar-refractivity contribution in [2.45, 2.75) is 12.5 Å².